The number of nitrogens with one attached hydrogen (secondary N) is 2. The van der Waals surface area contributed by atoms with Gasteiger partial charge in [0.05, 0.1) is 0 Å². The average Bonchev–Trinajstić information content (AvgIpc) is 2.63. The first-order valence-electron chi connectivity index (χ1n) is 8.49. The van der Waals surface area contributed by atoms with Crippen LogP contribution < -0.4 is 15.8 Å². The van der Waals surface area contributed by atoms with Crippen molar-refractivity contribution >= 4 is 17.5 Å². The van der Waals surface area contributed by atoms with Gasteiger partial charge in [-0.15, -0.1) is 0 Å². The molecule has 0 fully saturated rings. The lowest BCUT2D eigenvalue weighted by molar-refractivity contribution is 0.0846. The molecule has 0 heterocycles. The quantitative estimate of drug-likeness (QED) is 0.822. The normalized spacial score (nSPS) is 10.2. The van der Waals surface area contributed by atoms with Crippen molar-refractivity contribution in [2.24, 2.45) is 0 Å². The summed E-state index contributed by atoms with van der Waals surface area (Å²) in [6, 6.07) is 13.0. The van der Waals surface area contributed by atoms with Crippen molar-refractivity contribution in [3.05, 3.63) is 64.7 Å². The molecule has 2 aromatic rings. The first-order chi connectivity index (χ1) is 12.0. The SMILES string of the molecule is CCN(CC)c1ccc(C(=O)NNC(=O)c2cc(C)ccc2C)cc1. The van der Waals surface area contributed by atoms with Crippen LogP contribution in [-0.4, -0.2) is 24.9 Å². The summed E-state index contributed by atoms with van der Waals surface area (Å²) in [5, 5.41) is 0. The Kier molecular flexibility index (Phi) is 6.17. The van der Waals surface area contributed by atoms with Crippen LogP contribution in [0.25, 0.3) is 0 Å². The van der Waals surface area contributed by atoms with E-state index < -0.39 is 0 Å². The van der Waals surface area contributed by atoms with Gasteiger partial charge in [0.2, 0.25) is 0 Å². The number of carbonyl (C=O) groups is 2. The number of aryl methyl sites for hydroxylation is 2. The summed E-state index contributed by atoms with van der Waals surface area (Å²) in [6.45, 7) is 9.79. The molecule has 2 aromatic carbocycles. The molecule has 0 unspecified atom stereocenters. The summed E-state index contributed by atoms with van der Waals surface area (Å²) in [7, 11) is 0. The predicted octanol–water partition coefficient (Wildman–Crippen LogP) is 3.22. The molecule has 0 aromatic heterocycles. The van der Waals surface area contributed by atoms with E-state index in [0.717, 1.165) is 29.9 Å². The van der Waals surface area contributed by atoms with E-state index in [1.54, 1.807) is 18.2 Å². The highest BCUT2D eigenvalue weighted by Gasteiger charge is 2.12. The number of rotatable bonds is 5. The molecule has 0 aliphatic heterocycles. The molecule has 2 amide bonds. The molecular formula is C20H25N3O2. The van der Waals surface area contributed by atoms with Crippen LogP contribution in [0.3, 0.4) is 0 Å². The largest absolute Gasteiger partial charge is 0.372 e. The third kappa shape index (κ3) is 4.59. The first kappa shape index (κ1) is 18.5. The van der Waals surface area contributed by atoms with Crippen LogP contribution in [0.5, 0.6) is 0 Å². The summed E-state index contributed by atoms with van der Waals surface area (Å²) in [4.78, 5) is 26.7. The maximum atomic E-state index is 12.2. The minimum absolute atomic E-state index is 0.325. The van der Waals surface area contributed by atoms with Gasteiger partial charge in [0.1, 0.15) is 0 Å². The minimum Gasteiger partial charge on any atom is -0.372 e. The number of hydrogen-bond acceptors (Lipinski definition) is 3. The summed E-state index contributed by atoms with van der Waals surface area (Å²) in [6.07, 6.45) is 0. The second-order valence-corrected chi connectivity index (χ2v) is 5.95. The van der Waals surface area contributed by atoms with Crippen LogP contribution in [-0.2, 0) is 0 Å². The number of nitrogens with zero attached hydrogens (tertiary/aromatic N) is 1. The molecule has 0 aliphatic carbocycles. The van der Waals surface area contributed by atoms with Crippen LogP contribution in [0.1, 0.15) is 45.7 Å². The molecule has 5 nitrogen and oxygen atoms in total. The van der Waals surface area contributed by atoms with Crippen molar-refractivity contribution in [2.75, 3.05) is 18.0 Å². The van der Waals surface area contributed by atoms with Gasteiger partial charge < -0.3 is 4.90 Å². The number of hydrogen-bond donors (Lipinski definition) is 2. The van der Waals surface area contributed by atoms with E-state index >= 15 is 0 Å². The highest BCUT2D eigenvalue weighted by atomic mass is 16.2. The molecule has 0 radical (unpaired) electrons. The Labute approximate surface area is 149 Å². The first-order valence-corrected chi connectivity index (χ1v) is 8.49. The molecular weight excluding hydrogens is 314 g/mol. The molecule has 2 rings (SSSR count). The Hall–Kier alpha value is -2.82. The van der Waals surface area contributed by atoms with E-state index in [1.165, 1.54) is 0 Å². The van der Waals surface area contributed by atoms with Crippen molar-refractivity contribution in [2.45, 2.75) is 27.7 Å². The van der Waals surface area contributed by atoms with Gasteiger partial charge in [0, 0.05) is 29.9 Å². The Morgan fingerprint density at radius 3 is 2.08 bits per heavy atom. The molecule has 132 valence electrons. The molecule has 25 heavy (non-hydrogen) atoms. The molecule has 0 spiro atoms. The maximum absolute atomic E-state index is 12.2. The molecule has 0 saturated heterocycles. The molecule has 2 N–H and O–H groups in total. The Morgan fingerprint density at radius 2 is 1.48 bits per heavy atom. The van der Waals surface area contributed by atoms with Crippen molar-refractivity contribution < 1.29 is 9.59 Å². The van der Waals surface area contributed by atoms with Gasteiger partial charge in [0.25, 0.3) is 11.8 Å². The predicted molar refractivity (Wildman–Crippen MR) is 101 cm³/mol. The fourth-order valence-corrected chi connectivity index (χ4v) is 2.65. The summed E-state index contributed by atoms with van der Waals surface area (Å²) >= 11 is 0. The van der Waals surface area contributed by atoms with E-state index in [0.29, 0.717) is 11.1 Å². The van der Waals surface area contributed by atoms with Gasteiger partial charge in [0.15, 0.2) is 0 Å². The third-order valence-corrected chi connectivity index (χ3v) is 4.19. The van der Waals surface area contributed by atoms with Crippen molar-refractivity contribution in [3.8, 4) is 0 Å². The fourth-order valence-electron chi connectivity index (χ4n) is 2.65. The second kappa shape index (κ2) is 8.33. The highest BCUT2D eigenvalue weighted by Crippen LogP contribution is 2.15. The van der Waals surface area contributed by atoms with Gasteiger partial charge in [-0.05, 0) is 63.6 Å². The average molecular weight is 339 g/mol. The fraction of sp³-hybridized carbons (Fsp3) is 0.300. The summed E-state index contributed by atoms with van der Waals surface area (Å²) < 4.78 is 0. The number of anilines is 1. The maximum Gasteiger partial charge on any atom is 0.269 e. The monoisotopic (exact) mass is 339 g/mol. The Balaban J connectivity index is 2.00. The van der Waals surface area contributed by atoms with Gasteiger partial charge in [-0.2, -0.15) is 0 Å². The lowest BCUT2D eigenvalue weighted by atomic mass is 10.1. The Bertz CT molecular complexity index is 750. The lowest BCUT2D eigenvalue weighted by Crippen LogP contribution is -2.41. The zero-order valence-electron chi connectivity index (χ0n) is 15.2. The number of benzene rings is 2. The van der Waals surface area contributed by atoms with Crippen molar-refractivity contribution in [3.63, 3.8) is 0 Å². The summed E-state index contributed by atoms with van der Waals surface area (Å²) in [5.41, 5.74) is 8.92. The molecule has 0 saturated carbocycles. The number of carbonyl (C=O) groups excluding carboxylic acids is 2. The van der Waals surface area contributed by atoms with Gasteiger partial charge in [-0.25, -0.2) is 0 Å². The molecule has 0 atom stereocenters. The van der Waals surface area contributed by atoms with Crippen molar-refractivity contribution in [1.82, 2.24) is 10.9 Å². The van der Waals surface area contributed by atoms with Crippen LogP contribution in [0.15, 0.2) is 42.5 Å². The minimum atomic E-state index is -0.343. The molecule has 0 bridgehead atoms. The third-order valence-electron chi connectivity index (χ3n) is 4.19. The van der Waals surface area contributed by atoms with Crippen LogP contribution >= 0.6 is 0 Å². The van der Waals surface area contributed by atoms with Crippen LogP contribution in [0, 0.1) is 13.8 Å². The topological polar surface area (TPSA) is 61.4 Å². The zero-order valence-corrected chi connectivity index (χ0v) is 15.2. The lowest BCUT2D eigenvalue weighted by Gasteiger charge is -2.21. The highest BCUT2D eigenvalue weighted by molar-refractivity contribution is 6.00. The number of hydrazine groups is 1. The van der Waals surface area contributed by atoms with Crippen molar-refractivity contribution in [1.29, 1.82) is 0 Å². The van der Waals surface area contributed by atoms with E-state index in [-0.39, 0.29) is 11.8 Å². The number of amides is 2. The van der Waals surface area contributed by atoms with E-state index in [1.807, 2.05) is 38.1 Å². The van der Waals surface area contributed by atoms with Crippen LogP contribution in [0.4, 0.5) is 5.69 Å². The zero-order chi connectivity index (χ0) is 18.4. The van der Waals surface area contributed by atoms with Crippen LogP contribution in [0.2, 0.25) is 0 Å². The summed E-state index contributed by atoms with van der Waals surface area (Å²) in [5.74, 6) is -0.668. The van der Waals surface area contributed by atoms with E-state index in [9.17, 15) is 9.59 Å². The smallest absolute Gasteiger partial charge is 0.269 e. The standard InChI is InChI=1S/C20H25N3O2/c1-5-23(6-2)17-11-9-16(10-12-17)19(24)21-22-20(25)18-13-14(3)7-8-15(18)4/h7-13H,5-6H2,1-4H3,(H,21,24)(H,22,25). The van der Waals surface area contributed by atoms with Gasteiger partial charge in [-0.1, -0.05) is 17.7 Å². The van der Waals surface area contributed by atoms with E-state index in [4.69, 9.17) is 0 Å². The second-order valence-electron chi connectivity index (χ2n) is 5.95. The molecule has 5 heteroatoms. The van der Waals surface area contributed by atoms with E-state index in [2.05, 4.69) is 29.6 Å². The Morgan fingerprint density at radius 1 is 0.880 bits per heavy atom. The molecule has 0 aliphatic rings. The van der Waals surface area contributed by atoms with Gasteiger partial charge >= 0.3 is 0 Å². The van der Waals surface area contributed by atoms with Gasteiger partial charge in [-0.3, -0.25) is 20.4 Å².